The number of carbonyl (C=O) groups is 1. The summed E-state index contributed by atoms with van der Waals surface area (Å²) in [7, 11) is 0. The van der Waals surface area contributed by atoms with Crippen LogP contribution in [0.5, 0.6) is 5.75 Å². The van der Waals surface area contributed by atoms with E-state index >= 15 is 0 Å². The van der Waals surface area contributed by atoms with Crippen molar-refractivity contribution < 1.29 is 18.9 Å². The van der Waals surface area contributed by atoms with Crippen LogP contribution in [0.1, 0.15) is 32.3 Å². The summed E-state index contributed by atoms with van der Waals surface area (Å²) in [6.45, 7) is 5.11. The molecule has 0 fully saturated rings. The number of nitro benzene ring substituents is 1. The fourth-order valence-electron chi connectivity index (χ4n) is 2.15. The molecule has 0 aliphatic rings. The number of halogens is 1. The Labute approximate surface area is 161 Å². The van der Waals surface area contributed by atoms with Gasteiger partial charge in [-0.2, -0.15) is 5.26 Å². The smallest absolute Gasteiger partial charge is 0.312 e. The maximum Gasteiger partial charge on any atom is 0.312 e. The molecule has 7 nitrogen and oxygen atoms in total. The third kappa shape index (κ3) is 5.19. The molecule has 0 N–H and O–H groups in total. The van der Waals surface area contributed by atoms with Gasteiger partial charge in [0, 0.05) is 22.6 Å². The van der Waals surface area contributed by atoms with E-state index in [1.165, 1.54) is 24.3 Å². The van der Waals surface area contributed by atoms with Crippen molar-refractivity contribution in [2.75, 3.05) is 0 Å². The molecular formula is C19H17ClN2O5. The Balaban J connectivity index is 2.16. The van der Waals surface area contributed by atoms with Gasteiger partial charge in [-0.15, -0.1) is 0 Å². The topological polar surface area (TPSA) is 106 Å². The second-order valence-corrected chi connectivity index (χ2v) is 7.15. The van der Waals surface area contributed by atoms with Crippen LogP contribution in [0.4, 0.5) is 5.69 Å². The van der Waals surface area contributed by atoms with Crippen LogP contribution in [0.3, 0.4) is 0 Å². The van der Waals surface area contributed by atoms with Crippen molar-refractivity contribution >= 4 is 29.1 Å². The molecule has 0 atom stereocenters. The lowest BCUT2D eigenvalue weighted by atomic mass is 9.86. The Morgan fingerprint density at radius 3 is 2.67 bits per heavy atom. The Morgan fingerprint density at radius 1 is 1.37 bits per heavy atom. The molecule has 2 rings (SSSR count). The zero-order valence-electron chi connectivity index (χ0n) is 15.0. The minimum Gasteiger partial charge on any atom is -0.479 e. The molecule has 0 spiro atoms. The van der Waals surface area contributed by atoms with Gasteiger partial charge in [0.05, 0.1) is 10.5 Å². The predicted octanol–water partition coefficient (Wildman–Crippen LogP) is 4.94. The van der Waals surface area contributed by atoms with Crippen LogP contribution < -0.4 is 4.74 Å². The average Bonchev–Trinajstić information content (AvgIpc) is 3.04. The Hall–Kier alpha value is -3.11. The molecule has 8 heteroatoms. The Kier molecular flexibility index (Phi) is 6.03. The summed E-state index contributed by atoms with van der Waals surface area (Å²) >= 11 is 5.76. The zero-order valence-corrected chi connectivity index (χ0v) is 15.7. The first kappa shape index (κ1) is 20.2. The third-order valence-electron chi connectivity index (χ3n) is 3.50. The maximum atomic E-state index is 12.2. The van der Waals surface area contributed by atoms with Crippen molar-refractivity contribution in [3.05, 3.63) is 62.6 Å². The van der Waals surface area contributed by atoms with Gasteiger partial charge in [0.25, 0.3) is 0 Å². The second kappa shape index (κ2) is 8.06. The summed E-state index contributed by atoms with van der Waals surface area (Å²) in [6, 6.07) is 9.15. The molecule has 2 aromatic rings. The molecule has 0 saturated heterocycles. The van der Waals surface area contributed by atoms with E-state index in [1.54, 1.807) is 32.9 Å². The van der Waals surface area contributed by atoms with Crippen LogP contribution in [-0.4, -0.2) is 10.7 Å². The SMILES string of the molecule is CC(C)(C)C(=O)C(C#N)=Cc1ccc(COc2ccc(Cl)cc2[N+](=O)[O-])o1. The maximum absolute atomic E-state index is 12.2. The molecule has 27 heavy (non-hydrogen) atoms. The highest BCUT2D eigenvalue weighted by Gasteiger charge is 2.25. The fraction of sp³-hybridized carbons (Fsp3) is 0.263. The van der Waals surface area contributed by atoms with E-state index in [-0.39, 0.29) is 34.4 Å². The van der Waals surface area contributed by atoms with Gasteiger partial charge in [0.2, 0.25) is 0 Å². The van der Waals surface area contributed by atoms with Crippen LogP contribution in [0.25, 0.3) is 6.08 Å². The highest BCUT2D eigenvalue weighted by atomic mass is 35.5. The van der Waals surface area contributed by atoms with E-state index in [0.29, 0.717) is 11.5 Å². The summed E-state index contributed by atoms with van der Waals surface area (Å²) in [5.41, 5.74) is -0.956. The van der Waals surface area contributed by atoms with E-state index in [1.807, 2.05) is 6.07 Å². The number of nitrogens with zero attached hydrogens (tertiary/aromatic N) is 2. The van der Waals surface area contributed by atoms with Crippen LogP contribution in [0.15, 0.2) is 40.3 Å². The Bertz CT molecular complexity index is 948. The van der Waals surface area contributed by atoms with E-state index in [4.69, 9.17) is 20.8 Å². The molecule has 0 bridgehead atoms. The van der Waals surface area contributed by atoms with Crippen molar-refractivity contribution in [2.24, 2.45) is 5.41 Å². The number of rotatable bonds is 6. The van der Waals surface area contributed by atoms with Gasteiger partial charge in [-0.25, -0.2) is 0 Å². The summed E-state index contributed by atoms with van der Waals surface area (Å²) < 4.78 is 11.0. The lowest BCUT2D eigenvalue weighted by molar-refractivity contribution is -0.385. The number of Topliss-reactive ketones (excluding diaryl/α,β-unsaturated/α-hetero) is 1. The minimum atomic E-state index is -0.687. The number of ketones is 1. The molecule has 1 aromatic heterocycles. The predicted molar refractivity (Wildman–Crippen MR) is 99.2 cm³/mol. The number of nitriles is 1. The monoisotopic (exact) mass is 388 g/mol. The van der Waals surface area contributed by atoms with Gasteiger partial charge in [-0.05, 0) is 24.3 Å². The number of nitro groups is 1. The van der Waals surface area contributed by atoms with Gasteiger partial charge in [0.15, 0.2) is 11.5 Å². The molecule has 0 radical (unpaired) electrons. The highest BCUT2D eigenvalue weighted by molar-refractivity contribution is 6.30. The number of carbonyl (C=O) groups excluding carboxylic acids is 1. The lowest BCUT2D eigenvalue weighted by Crippen LogP contribution is -2.21. The number of hydrogen-bond donors (Lipinski definition) is 0. The van der Waals surface area contributed by atoms with Gasteiger partial charge < -0.3 is 9.15 Å². The minimum absolute atomic E-state index is 0.0161. The van der Waals surface area contributed by atoms with E-state index < -0.39 is 10.3 Å². The largest absolute Gasteiger partial charge is 0.479 e. The molecule has 1 aromatic carbocycles. The zero-order chi connectivity index (χ0) is 20.2. The first-order valence-electron chi connectivity index (χ1n) is 7.94. The third-order valence-corrected chi connectivity index (χ3v) is 3.74. The van der Waals surface area contributed by atoms with E-state index in [0.717, 1.165) is 0 Å². The molecule has 0 aliphatic carbocycles. The van der Waals surface area contributed by atoms with Crippen LogP contribution in [0, 0.1) is 26.9 Å². The van der Waals surface area contributed by atoms with E-state index in [9.17, 15) is 20.2 Å². The molecule has 0 unspecified atom stereocenters. The van der Waals surface area contributed by atoms with Crippen LogP contribution >= 0.6 is 11.6 Å². The summed E-state index contributed by atoms with van der Waals surface area (Å²) in [4.78, 5) is 22.7. The fourth-order valence-corrected chi connectivity index (χ4v) is 2.31. The molecule has 0 aliphatic heterocycles. The van der Waals surface area contributed by atoms with Gasteiger partial charge >= 0.3 is 5.69 Å². The quantitative estimate of drug-likeness (QED) is 0.300. The molecule has 0 amide bonds. The molecular weight excluding hydrogens is 372 g/mol. The highest BCUT2D eigenvalue weighted by Crippen LogP contribution is 2.30. The van der Waals surface area contributed by atoms with E-state index in [2.05, 4.69) is 0 Å². The van der Waals surface area contributed by atoms with Gasteiger partial charge in [-0.3, -0.25) is 14.9 Å². The average molecular weight is 389 g/mol. The standard InChI is InChI=1S/C19H17ClN2O5/c1-19(2,3)18(23)12(10-21)8-14-5-6-15(27-14)11-26-17-7-4-13(20)9-16(17)22(24)25/h4-9H,11H2,1-3H3. The number of furan rings is 1. The number of ether oxygens (including phenoxy) is 1. The number of benzene rings is 1. The normalized spacial score (nSPS) is 11.7. The molecule has 0 saturated carbocycles. The summed E-state index contributed by atoms with van der Waals surface area (Å²) in [6.07, 6.45) is 1.36. The van der Waals surface area contributed by atoms with Crippen molar-refractivity contribution in [3.8, 4) is 11.8 Å². The number of allylic oxidation sites excluding steroid dienone is 1. The Morgan fingerprint density at radius 2 is 2.07 bits per heavy atom. The van der Waals surface area contributed by atoms with Crippen molar-refractivity contribution in [2.45, 2.75) is 27.4 Å². The first-order chi connectivity index (χ1) is 12.6. The van der Waals surface area contributed by atoms with Gasteiger partial charge in [-0.1, -0.05) is 32.4 Å². The summed E-state index contributed by atoms with van der Waals surface area (Å²) in [5.74, 6) is 0.453. The van der Waals surface area contributed by atoms with Crippen molar-refractivity contribution in [1.82, 2.24) is 0 Å². The molecule has 1 heterocycles. The first-order valence-corrected chi connectivity index (χ1v) is 8.31. The second-order valence-electron chi connectivity index (χ2n) is 6.71. The van der Waals surface area contributed by atoms with Gasteiger partial charge in [0.1, 0.15) is 24.2 Å². The molecule has 140 valence electrons. The van der Waals surface area contributed by atoms with Crippen LogP contribution in [-0.2, 0) is 11.4 Å². The lowest BCUT2D eigenvalue weighted by Gasteiger charge is -2.15. The van der Waals surface area contributed by atoms with Crippen molar-refractivity contribution in [1.29, 1.82) is 5.26 Å². The number of hydrogen-bond acceptors (Lipinski definition) is 6. The van der Waals surface area contributed by atoms with Crippen LogP contribution in [0.2, 0.25) is 5.02 Å². The van der Waals surface area contributed by atoms with Crippen molar-refractivity contribution in [3.63, 3.8) is 0 Å². The summed E-state index contributed by atoms with van der Waals surface area (Å²) in [5, 5.41) is 20.5.